The number of nitrogens with zero attached hydrogens (tertiary/aromatic N) is 1. The minimum Gasteiger partial charge on any atom is -0.315 e. The molecule has 2 nitrogen and oxygen atoms in total. The molecule has 0 spiro atoms. The molecular weight excluding hydrogens is 300 g/mol. The van der Waals surface area contributed by atoms with Gasteiger partial charge in [0, 0.05) is 24.0 Å². The average molecular weight is 323 g/mol. The van der Waals surface area contributed by atoms with Crippen LogP contribution in [-0.2, 0) is 6.54 Å². The zero-order valence-corrected chi connectivity index (χ0v) is 14.3. The van der Waals surface area contributed by atoms with E-state index < -0.39 is 0 Å². The number of rotatable bonds is 8. The Morgan fingerprint density at radius 1 is 1.19 bits per heavy atom. The molecule has 0 saturated heterocycles. The second kappa shape index (κ2) is 8.54. The number of thiophene rings is 1. The van der Waals surface area contributed by atoms with Crippen LogP contribution in [0.5, 0.6) is 0 Å². The molecule has 2 rings (SSSR count). The van der Waals surface area contributed by atoms with Gasteiger partial charge >= 0.3 is 0 Å². The predicted molar refractivity (Wildman–Crippen MR) is 93.1 cm³/mol. The standard InChI is InChI=1S/C17H23ClN2S/c1-3-11-19-12-16(14-7-5-4-6-8-14)20(2)13-15-9-10-17(18)21-15/h4-10,16,19H,3,11-13H2,1-2H3. The van der Waals surface area contributed by atoms with E-state index in [0.29, 0.717) is 6.04 Å². The molecule has 1 heterocycles. The molecule has 0 bridgehead atoms. The number of nitrogens with one attached hydrogen (secondary N) is 1. The van der Waals surface area contributed by atoms with E-state index in [2.05, 4.69) is 60.6 Å². The summed E-state index contributed by atoms with van der Waals surface area (Å²) in [4.78, 5) is 3.69. The van der Waals surface area contributed by atoms with E-state index in [-0.39, 0.29) is 0 Å². The molecule has 114 valence electrons. The van der Waals surface area contributed by atoms with Crippen molar-refractivity contribution in [3.05, 3.63) is 57.2 Å². The van der Waals surface area contributed by atoms with Crippen LogP contribution in [0.15, 0.2) is 42.5 Å². The lowest BCUT2D eigenvalue weighted by Gasteiger charge is -2.28. The highest BCUT2D eigenvalue weighted by Crippen LogP contribution is 2.26. The topological polar surface area (TPSA) is 15.3 Å². The summed E-state index contributed by atoms with van der Waals surface area (Å²) in [7, 11) is 2.18. The average Bonchev–Trinajstić information content (AvgIpc) is 2.89. The highest BCUT2D eigenvalue weighted by atomic mass is 35.5. The van der Waals surface area contributed by atoms with Crippen LogP contribution in [0.1, 0.15) is 29.8 Å². The van der Waals surface area contributed by atoms with Gasteiger partial charge in [-0.15, -0.1) is 11.3 Å². The normalized spacial score (nSPS) is 12.8. The maximum absolute atomic E-state index is 6.03. The molecule has 4 heteroatoms. The molecule has 1 aromatic heterocycles. The van der Waals surface area contributed by atoms with Crippen molar-refractivity contribution in [3.8, 4) is 0 Å². The maximum Gasteiger partial charge on any atom is 0.0931 e. The van der Waals surface area contributed by atoms with Crippen molar-refractivity contribution in [1.82, 2.24) is 10.2 Å². The minimum absolute atomic E-state index is 0.374. The van der Waals surface area contributed by atoms with Gasteiger partial charge < -0.3 is 5.32 Å². The first-order valence-corrected chi connectivity index (χ1v) is 8.60. The number of hydrogen-bond donors (Lipinski definition) is 1. The zero-order valence-electron chi connectivity index (χ0n) is 12.7. The Bertz CT molecular complexity index is 527. The van der Waals surface area contributed by atoms with Gasteiger partial charge in [-0.05, 0) is 37.7 Å². The Labute approximate surface area is 136 Å². The summed E-state index contributed by atoms with van der Waals surface area (Å²) in [5.41, 5.74) is 1.35. The molecule has 0 radical (unpaired) electrons. The fourth-order valence-electron chi connectivity index (χ4n) is 2.41. The summed E-state index contributed by atoms with van der Waals surface area (Å²) in [5.74, 6) is 0. The molecular formula is C17H23ClN2S. The van der Waals surface area contributed by atoms with Gasteiger partial charge in [-0.3, -0.25) is 4.90 Å². The Hall–Kier alpha value is -0.870. The van der Waals surface area contributed by atoms with Gasteiger partial charge in [0.15, 0.2) is 0 Å². The molecule has 1 unspecified atom stereocenters. The van der Waals surface area contributed by atoms with E-state index in [9.17, 15) is 0 Å². The smallest absolute Gasteiger partial charge is 0.0931 e. The lowest BCUT2D eigenvalue weighted by molar-refractivity contribution is 0.232. The molecule has 21 heavy (non-hydrogen) atoms. The Morgan fingerprint density at radius 2 is 1.95 bits per heavy atom. The minimum atomic E-state index is 0.374. The first-order valence-electron chi connectivity index (χ1n) is 7.40. The van der Waals surface area contributed by atoms with Gasteiger partial charge in [0.2, 0.25) is 0 Å². The van der Waals surface area contributed by atoms with Gasteiger partial charge in [-0.25, -0.2) is 0 Å². The second-order valence-corrected chi connectivity index (χ2v) is 7.05. The SMILES string of the molecule is CCCNCC(c1ccccc1)N(C)Cc1ccc(Cl)s1. The highest BCUT2D eigenvalue weighted by molar-refractivity contribution is 7.16. The molecule has 2 aromatic rings. The molecule has 0 saturated carbocycles. The molecule has 1 atom stereocenters. The quantitative estimate of drug-likeness (QED) is 0.716. The van der Waals surface area contributed by atoms with Gasteiger partial charge in [-0.1, -0.05) is 48.9 Å². The summed E-state index contributed by atoms with van der Waals surface area (Å²) in [6.45, 7) is 5.14. The molecule has 0 aliphatic rings. The Balaban J connectivity index is 2.06. The summed E-state index contributed by atoms with van der Waals surface area (Å²) in [5, 5.41) is 3.54. The molecule has 0 fully saturated rings. The van der Waals surface area contributed by atoms with Crippen LogP contribution in [0.4, 0.5) is 0 Å². The first kappa shape index (κ1) is 16.5. The third-order valence-electron chi connectivity index (χ3n) is 3.51. The predicted octanol–water partition coefficient (Wildman–Crippen LogP) is 4.57. The molecule has 1 aromatic carbocycles. The van der Waals surface area contributed by atoms with E-state index in [0.717, 1.165) is 30.4 Å². The summed E-state index contributed by atoms with van der Waals surface area (Å²) >= 11 is 7.69. The van der Waals surface area contributed by atoms with E-state index in [4.69, 9.17) is 11.6 Å². The first-order chi connectivity index (χ1) is 10.2. The number of likely N-dealkylation sites (N-methyl/N-ethyl adjacent to an activating group) is 1. The number of halogens is 1. The van der Waals surface area contributed by atoms with E-state index in [1.54, 1.807) is 11.3 Å². The van der Waals surface area contributed by atoms with Crippen LogP contribution in [0.25, 0.3) is 0 Å². The van der Waals surface area contributed by atoms with Gasteiger partial charge in [0.25, 0.3) is 0 Å². The number of benzene rings is 1. The van der Waals surface area contributed by atoms with E-state index >= 15 is 0 Å². The summed E-state index contributed by atoms with van der Waals surface area (Å²) in [6, 6.07) is 15.2. The lowest BCUT2D eigenvalue weighted by Crippen LogP contribution is -2.33. The van der Waals surface area contributed by atoms with Crippen molar-refractivity contribution >= 4 is 22.9 Å². The summed E-state index contributed by atoms with van der Waals surface area (Å²) in [6.07, 6.45) is 1.16. The van der Waals surface area contributed by atoms with Crippen molar-refractivity contribution < 1.29 is 0 Å². The van der Waals surface area contributed by atoms with Gasteiger partial charge in [-0.2, -0.15) is 0 Å². The van der Waals surface area contributed by atoms with Crippen molar-refractivity contribution in [2.75, 3.05) is 20.1 Å². The third kappa shape index (κ3) is 5.11. The van der Waals surface area contributed by atoms with Crippen LogP contribution < -0.4 is 5.32 Å². The second-order valence-electron chi connectivity index (χ2n) is 5.25. The zero-order chi connectivity index (χ0) is 15.1. The third-order valence-corrected chi connectivity index (χ3v) is 4.73. The Kier molecular flexibility index (Phi) is 6.71. The van der Waals surface area contributed by atoms with Crippen molar-refractivity contribution in [2.45, 2.75) is 25.9 Å². The van der Waals surface area contributed by atoms with Gasteiger partial charge in [0.1, 0.15) is 0 Å². The van der Waals surface area contributed by atoms with Crippen LogP contribution in [-0.4, -0.2) is 25.0 Å². The van der Waals surface area contributed by atoms with Crippen molar-refractivity contribution in [1.29, 1.82) is 0 Å². The Morgan fingerprint density at radius 3 is 2.57 bits per heavy atom. The number of hydrogen-bond acceptors (Lipinski definition) is 3. The van der Waals surface area contributed by atoms with Crippen LogP contribution in [0, 0.1) is 0 Å². The van der Waals surface area contributed by atoms with Crippen molar-refractivity contribution in [3.63, 3.8) is 0 Å². The van der Waals surface area contributed by atoms with E-state index in [1.165, 1.54) is 10.4 Å². The largest absolute Gasteiger partial charge is 0.315 e. The monoisotopic (exact) mass is 322 g/mol. The van der Waals surface area contributed by atoms with Crippen LogP contribution >= 0.6 is 22.9 Å². The van der Waals surface area contributed by atoms with Crippen LogP contribution in [0.3, 0.4) is 0 Å². The van der Waals surface area contributed by atoms with Crippen molar-refractivity contribution in [2.24, 2.45) is 0 Å². The molecule has 0 aliphatic carbocycles. The van der Waals surface area contributed by atoms with Gasteiger partial charge in [0.05, 0.1) is 4.34 Å². The molecule has 0 amide bonds. The maximum atomic E-state index is 6.03. The lowest BCUT2D eigenvalue weighted by atomic mass is 10.1. The molecule has 0 aliphatic heterocycles. The highest BCUT2D eigenvalue weighted by Gasteiger charge is 2.17. The summed E-state index contributed by atoms with van der Waals surface area (Å²) < 4.78 is 0.860. The fraction of sp³-hybridized carbons (Fsp3) is 0.412. The van der Waals surface area contributed by atoms with E-state index in [1.807, 2.05) is 6.07 Å². The molecule has 1 N–H and O–H groups in total. The van der Waals surface area contributed by atoms with Crippen LogP contribution in [0.2, 0.25) is 4.34 Å². The fourth-order valence-corrected chi connectivity index (χ4v) is 3.56.